The molecule has 0 unspecified atom stereocenters. The lowest BCUT2D eigenvalue weighted by molar-refractivity contribution is -0.139. The highest BCUT2D eigenvalue weighted by Crippen LogP contribution is 2.55. The maximum absolute atomic E-state index is 13.5. The molecule has 1 saturated heterocycles. The Labute approximate surface area is 173 Å². The Morgan fingerprint density at radius 1 is 1.18 bits per heavy atom. The van der Waals surface area contributed by atoms with Gasteiger partial charge in [0.05, 0.1) is 0 Å². The van der Waals surface area contributed by atoms with Crippen molar-refractivity contribution in [2.75, 3.05) is 5.32 Å². The lowest BCUT2D eigenvalue weighted by Crippen LogP contribution is -2.48. The number of carbonyl (C=O) groups is 2. The number of amides is 1. The SMILES string of the molecule is CCC[C@H]1N[C@@H](C(=O)O)[C@H](c2cccc(Cl)c2)[C@@]12C(=O)Nc1cc(Cl)ccc12. The molecule has 0 saturated carbocycles. The summed E-state index contributed by atoms with van der Waals surface area (Å²) in [6, 6.07) is 11.2. The number of hydrogen-bond donors (Lipinski definition) is 3. The fraction of sp³-hybridized carbons (Fsp3) is 0.333. The summed E-state index contributed by atoms with van der Waals surface area (Å²) in [5, 5.41) is 17.2. The maximum atomic E-state index is 13.5. The molecule has 7 heteroatoms. The van der Waals surface area contributed by atoms with Crippen LogP contribution in [0.25, 0.3) is 0 Å². The van der Waals surface area contributed by atoms with Crippen molar-refractivity contribution in [3.63, 3.8) is 0 Å². The zero-order chi connectivity index (χ0) is 20.1. The van der Waals surface area contributed by atoms with E-state index in [1.54, 1.807) is 30.3 Å². The largest absolute Gasteiger partial charge is 0.480 e. The van der Waals surface area contributed by atoms with Gasteiger partial charge in [0.1, 0.15) is 11.5 Å². The van der Waals surface area contributed by atoms with Crippen molar-refractivity contribution in [1.82, 2.24) is 5.32 Å². The van der Waals surface area contributed by atoms with Gasteiger partial charge in [0.2, 0.25) is 5.91 Å². The van der Waals surface area contributed by atoms with Crippen LogP contribution in [0.1, 0.15) is 36.8 Å². The van der Waals surface area contributed by atoms with E-state index in [0.717, 1.165) is 17.5 Å². The number of carboxylic acids is 1. The molecule has 0 aliphatic carbocycles. The zero-order valence-corrected chi connectivity index (χ0v) is 16.7. The molecule has 2 aliphatic heterocycles. The van der Waals surface area contributed by atoms with Crippen LogP contribution in [-0.4, -0.2) is 29.1 Å². The minimum Gasteiger partial charge on any atom is -0.480 e. The van der Waals surface area contributed by atoms with Gasteiger partial charge in [0.15, 0.2) is 0 Å². The van der Waals surface area contributed by atoms with Gasteiger partial charge in [-0.15, -0.1) is 0 Å². The van der Waals surface area contributed by atoms with Crippen molar-refractivity contribution < 1.29 is 14.7 Å². The van der Waals surface area contributed by atoms with Crippen LogP contribution in [0.15, 0.2) is 42.5 Å². The van der Waals surface area contributed by atoms with E-state index < -0.39 is 23.3 Å². The first-order chi connectivity index (χ1) is 13.4. The Morgan fingerprint density at radius 3 is 2.61 bits per heavy atom. The number of benzene rings is 2. The Balaban J connectivity index is 2.00. The van der Waals surface area contributed by atoms with Crippen molar-refractivity contribution in [3.8, 4) is 0 Å². The fourth-order valence-corrected chi connectivity index (χ4v) is 5.25. The van der Waals surface area contributed by atoms with Gasteiger partial charge in [0, 0.05) is 27.7 Å². The second kappa shape index (κ2) is 7.07. The molecule has 3 N–H and O–H groups in total. The molecule has 4 rings (SSSR count). The molecule has 146 valence electrons. The molecule has 2 aromatic carbocycles. The van der Waals surface area contributed by atoms with Gasteiger partial charge in [-0.25, -0.2) is 0 Å². The van der Waals surface area contributed by atoms with Crippen LogP contribution < -0.4 is 10.6 Å². The maximum Gasteiger partial charge on any atom is 0.321 e. The number of carbonyl (C=O) groups excluding carboxylic acids is 1. The van der Waals surface area contributed by atoms with Crippen LogP contribution in [0, 0.1) is 0 Å². The summed E-state index contributed by atoms with van der Waals surface area (Å²) in [4.78, 5) is 25.7. The summed E-state index contributed by atoms with van der Waals surface area (Å²) < 4.78 is 0. The molecule has 1 amide bonds. The monoisotopic (exact) mass is 418 g/mol. The molecule has 1 fully saturated rings. The molecular weight excluding hydrogens is 399 g/mol. The van der Waals surface area contributed by atoms with E-state index >= 15 is 0 Å². The minimum atomic E-state index is -1.05. The second-order valence-corrected chi connectivity index (χ2v) is 8.24. The molecule has 2 aromatic rings. The van der Waals surface area contributed by atoms with E-state index in [4.69, 9.17) is 23.2 Å². The number of fused-ring (bicyclic) bond motifs is 2. The molecule has 0 aromatic heterocycles. The Bertz CT molecular complexity index is 964. The third-order valence-electron chi connectivity index (χ3n) is 5.86. The van der Waals surface area contributed by atoms with E-state index in [2.05, 4.69) is 10.6 Å². The lowest BCUT2D eigenvalue weighted by atomic mass is 9.64. The van der Waals surface area contributed by atoms with Gasteiger partial charge in [-0.3, -0.25) is 14.9 Å². The number of nitrogens with one attached hydrogen (secondary N) is 2. The van der Waals surface area contributed by atoms with E-state index in [0.29, 0.717) is 22.2 Å². The second-order valence-electron chi connectivity index (χ2n) is 7.37. The zero-order valence-electron chi connectivity index (χ0n) is 15.2. The standard InChI is InChI=1S/C21H20Cl2N2O3/c1-2-4-16-21(14-8-7-13(23)10-15(14)24-20(21)28)17(18(25-16)19(26)27)11-5-3-6-12(22)9-11/h3,5-10,16-18,25H,2,4H2,1H3,(H,24,28)(H,26,27)/t16-,17+,18-,21+/m1/s1. The van der Waals surface area contributed by atoms with E-state index in [1.165, 1.54) is 0 Å². The lowest BCUT2D eigenvalue weighted by Gasteiger charge is -2.35. The first-order valence-corrected chi connectivity index (χ1v) is 10.0. The summed E-state index contributed by atoms with van der Waals surface area (Å²) in [7, 11) is 0. The van der Waals surface area contributed by atoms with Crippen molar-refractivity contribution in [1.29, 1.82) is 0 Å². The highest BCUT2D eigenvalue weighted by Gasteiger charge is 2.65. The Hall–Kier alpha value is -2.08. The first kappa shape index (κ1) is 19.2. The Kier molecular flexibility index (Phi) is 4.86. The molecule has 2 heterocycles. The summed E-state index contributed by atoms with van der Waals surface area (Å²) in [6.07, 6.45) is 1.47. The summed E-state index contributed by atoms with van der Waals surface area (Å²) in [6.45, 7) is 2.02. The average Bonchev–Trinajstić information content (AvgIpc) is 3.12. The first-order valence-electron chi connectivity index (χ1n) is 9.25. The van der Waals surface area contributed by atoms with E-state index in [-0.39, 0.29) is 11.9 Å². The van der Waals surface area contributed by atoms with Crippen molar-refractivity contribution in [2.24, 2.45) is 0 Å². The van der Waals surface area contributed by atoms with Crippen molar-refractivity contribution in [3.05, 3.63) is 63.6 Å². The molecule has 28 heavy (non-hydrogen) atoms. The third-order valence-corrected chi connectivity index (χ3v) is 6.33. The highest BCUT2D eigenvalue weighted by atomic mass is 35.5. The predicted octanol–water partition coefficient (Wildman–Crippen LogP) is 4.19. The number of anilines is 1. The number of rotatable bonds is 4. The van der Waals surface area contributed by atoms with Gasteiger partial charge >= 0.3 is 5.97 Å². The molecule has 4 atom stereocenters. The number of halogens is 2. The van der Waals surface area contributed by atoms with Crippen LogP contribution in [0.5, 0.6) is 0 Å². The molecule has 0 bridgehead atoms. The highest BCUT2D eigenvalue weighted by molar-refractivity contribution is 6.31. The van der Waals surface area contributed by atoms with Crippen LogP contribution in [0.4, 0.5) is 5.69 Å². The number of carboxylic acid groups (broad SMARTS) is 1. The van der Waals surface area contributed by atoms with E-state index in [1.807, 2.05) is 19.1 Å². The van der Waals surface area contributed by atoms with Gasteiger partial charge in [-0.05, 0) is 41.8 Å². The minimum absolute atomic E-state index is 0.204. The van der Waals surface area contributed by atoms with Gasteiger partial charge < -0.3 is 10.4 Å². The number of aliphatic carboxylic acids is 1. The summed E-state index contributed by atoms with van der Waals surface area (Å²) in [5.74, 6) is -1.80. The van der Waals surface area contributed by atoms with Crippen LogP contribution in [0.3, 0.4) is 0 Å². The van der Waals surface area contributed by atoms with Crippen LogP contribution >= 0.6 is 23.2 Å². The predicted molar refractivity (Wildman–Crippen MR) is 109 cm³/mol. The van der Waals surface area contributed by atoms with Gasteiger partial charge in [-0.2, -0.15) is 0 Å². The van der Waals surface area contributed by atoms with E-state index in [9.17, 15) is 14.7 Å². The quantitative estimate of drug-likeness (QED) is 0.695. The topological polar surface area (TPSA) is 78.4 Å². The smallest absolute Gasteiger partial charge is 0.321 e. The van der Waals surface area contributed by atoms with Gasteiger partial charge in [-0.1, -0.05) is 54.7 Å². The fourth-order valence-electron chi connectivity index (χ4n) is 4.88. The van der Waals surface area contributed by atoms with Crippen molar-refractivity contribution in [2.45, 2.75) is 43.2 Å². The van der Waals surface area contributed by atoms with Gasteiger partial charge in [0.25, 0.3) is 0 Å². The summed E-state index contributed by atoms with van der Waals surface area (Å²) >= 11 is 12.4. The molecule has 0 radical (unpaired) electrons. The average molecular weight is 419 g/mol. The van der Waals surface area contributed by atoms with Crippen LogP contribution in [-0.2, 0) is 15.0 Å². The molecule has 1 spiro atoms. The number of hydrogen-bond acceptors (Lipinski definition) is 3. The van der Waals surface area contributed by atoms with Crippen LogP contribution in [0.2, 0.25) is 10.0 Å². The molecular formula is C21H20Cl2N2O3. The molecule has 5 nitrogen and oxygen atoms in total. The molecule has 2 aliphatic rings. The van der Waals surface area contributed by atoms with Crippen molar-refractivity contribution >= 4 is 40.8 Å². The third kappa shape index (κ3) is 2.72. The Morgan fingerprint density at radius 2 is 1.93 bits per heavy atom. The normalized spacial score (nSPS) is 28.4. The summed E-state index contributed by atoms with van der Waals surface area (Å²) in [5.41, 5.74) is 1.09.